The fourth-order valence-corrected chi connectivity index (χ4v) is 2.61. The zero-order valence-corrected chi connectivity index (χ0v) is 14.2. The second-order valence-electron chi connectivity index (χ2n) is 5.04. The molecule has 0 radical (unpaired) electrons. The molecule has 1 aliphatic heterocycles. The highest BCUT2D eigenvalue weighted by molar-refractivity contribution is 5.85. The SMILES string of the molecule is Cl.Cl.FC(F)Oc1ccccc1[C@@H](CC(F)(F)F)N1CCNCC1. The number of piperazine rings is 1. The molecular formula is C14H19Cl2F5N2O. The molecule has 1 N–H and O–H groups in total. The second-order valence-corrected chi connectivity index (χ2v) is 5.04. The molecule has 1 fully saturated rings. The van der Waals surface area contributed by atoms with Gasteiger partial charge in [-0.3, -0.25) is 4.90 Å². The number of ether oxygens (including phenoxy) is 1. The maximum Gasteiger partial charge on any atom is 0.390 e. The Kier molecular flexibility index (Phi) is 9.87. The van der Waals surface area contributed by atoms with E-state index in [9.17, 15) is 22.0 Å². The van der Waals surface area contributed by atoms with Crippen LogP contribution in [-0.2, 0) is 0 Å². The molecule has 3 nitrogen and oxygen atoms in total. The molecule has 24 heavy (non-hydrogen) atoms. The predicted octanol–water partition coefficient (Wildman–Crippen LogP) is 4.03. The third kappa shape index (κ3) is 6.96. The summed E-state index contributed by atoms with van der Waals surface area (Å²) >= 11 is 0. The van der Waals surface area contributed by atoms with E-state index >= 15 is 0 Å². The van der Waals surface area contributed by atoms with Gasteiger partial charge in [0, 0.05) is 37.8 Å². The minimum absolute atomic E-state index is 0. The van der Waals surface area contributed by atoms with Gasteiger partial charge in [-0.05, 0) is 6.07 Å². The summed E-state index contributed by atoms with van der Waals surface area (Å²) in [5, 5.41) is 3.06. The molecule has 10 heteroatoms. The minimum Gasteiger partial charge on any atom is -0.434 e. The molecule has 1 atom stereocenters. The van der Waals surface area contributed by atoms with E-state index < -0.39 is 25.3 Å². The summed E-state index contributed by atoms with van der Waals surface area (Å²) in [5.41, 5.74) is 0.141. The zero-order valence-electron chi connectivity index (χ0n) is 12.6. The molecule has 1 aromatic carbocycles. The Bertz CT molecular complexity index is 484. The molecule has 0 aliphatic carbocycles. The van der Waals surface area contributed by atoms with E-state index in [-0.39, 0.29) is 36.1 Å². The van der Waals surface area contributed by atoms with Gasteiger partial charge in [-0.15, -0.1) is 24.8 Å². The number of halogens is 7. The fourth-order valence-electron chi connectivity index (χ4n) is 2.61. The smallest absolute Gasteiger partial charge is 0.390 e. The first-order chi connectivity index (χ1) is 10.4. The maximum absolute atomic E-state index is 12.9. The van der Waals surface area contributed by atoms with Gasteiger partial charge in [0.05, 0.1) is 6.42 Å². The van der Waals surface area contributed by atoms with Crippen molar-refractivity contribution in [1.82, 2.24) is 10.2 Å². The van der Waals surface area contributed by atoms with Crippen molar-refractivity contribution in [2.45, 2.75) is 25.3 Å². The Morgan fingerprint density at radius 1 is 1.08 bits per heavy atom. The molecule has 0 unspecified atom stereocenters. The van der Waals surface area contributed by atoms with E-state index in [1.807, 2.05) is 0 Å². The van der Waals surface area contributed by atoms with Crippen molar-refractivity contribution in [1.29, 1.82) is 0 Å². The number of alkyl halides is 5. The van der Waals surface area contributed by atoms with Crippen molar-refractivity contribution in [3.63, 3.8) is 0 Å². The van der Waals surface area contributed by atoms with Crippen molar-refractivity contribution < 1.29 is 26.7 Å². The lowest BCUT2D eigenvalue weighted by atomic mass is 9.99. The van der Waals surface area contributed by atoms with E-state index in [0.29, 0.717) is 26.2 Å². The third-order valence-electron chi connectivity index (χ3n) is 3.51. The van der Waals surface area contributed by atoms with Crippen LogP contribution < -0.4 is 10.1 Å². The molecule has 1 heterocycles. The molecule has 0 saturated carbocycles. The van der Waals surface area contributed by atoms with Crippen LogP contribution in [0.5, 0.6) is 5.75 Å². The summed E-state index contributed by atoms with van der Waals surface area (Å²) in [7, 11) is 0. The number of nitrogens with zero attached hydrogens (tertiary/aromatic N) is 1. The van der Waals surface area contributed by atoms with Gasteiger partial charge in [0.25, 0.3) is 0 Å². The lowest BCUT2D eigenvalue weighted by Crippen LogP contribution is -2.46. The molecule has 1 aromatic rings. The first-order valence-electron chi connectivity index (χ1n) is 6.92. The Balaban J connectivity index is 0.00000264. The average molecular weight is 397 g/mol. The summed E-state index contributed by atoms with van der Waals surface area (Å²) in [4.78, 5) is 1.65. The molecule has 140 valence electrons. The second kappa shape index (κ2) is 10.2. The highest BCUT2D eigenvalue weighted by atomic mass is 35.5. The number of rotatable bonds is 5. The molecule has 2 rings (SSSR count). The quantitative estimate of drug-likeness (QED) is 0.760. The van der Waals surface area contributed by atoms with Gasteiger partial charge in [-0.1, -0.05) is 18.2 Å². The first-order valence-corrected chi connectivity index (χ1v) is 6.92. The number of hydrogen-bond acceptors (Lipinski definition) is 3. The molecule has 0 spiro atoms. The molecule has 1 aliphatic rings. The van der Waals surface area contributed by atoms with E-state index in [2.05, 4.69) is 10.1 Å². The summed E-state index contributed by atoms with van der Waals surface area (Å²) in [6.45, 7) is -1.11. The maximum atomic E-state index is 12.9. The van der Waals surface area contributed by atoms with E-state index in [1.165, 1.54) is 24.3 Å². The standard InChI is InChI=1S/C14H17F5N2O.2ClH/c15-13(16)22-12-4-2-1-3-10(12)11(9-14(17,18)19)21-7-5-20-6-8-21;;/h1-4,11,13,20H,5-9H2;2*1H/t11-;;/m1../s1. The average Bonchev–Trinajstić information content (AvgIpc) is 2.45. The van der Waals surface area contributed by atoms with Gasteiger partial charge in [-0.25, -0.2) is 0 Å². The van der Waals surface area contributed by atoms with Crippen molar-refractivity contribution in [2.24, 2.45) is 0 Å². The highest BCUT2D eigenvalue weighted by Gasteiger charge is 2.37. The van der Waals surface area contributed by atoms with Crippen LogP contribution in [0.1, 0.15) is 18.0 Å². The van der Waals surface area contributed by atoms with Gasteiger partial charge in [0.15, 0.2) is 0 Å². The van der Waals surface area contributed by atoms with Crippen LogP contribution in [-0.4, -0.2) is 43.9 Å². The zero-order chi connectivity index (χ0) is 16.2. The Hall–Kier alpha value is -0.830. The van der Waals surface area contributed by atoms with Crippen molar-refractivity contribution in [2.75, 3.05) is 26.2 Å². The first kappa shape index (κ1) is 23.2. The minimum atomic E-state index is -4.40. The predicted molar refractivity (Wildman–Crippen MR) is 85.4 cm³/mol. The van der Waals surface area contributed by atoms with Crippen LogP contribution in [0, 0.1) is 0 Å². The molecular weight excluding hydrogens is 378 g/mol. The van der Waals surface area contributed by atoms with Crippen molar-refractivity contribution in [3.05, 3.63) is 29.8 Å². The Labute approximate surface area is 149 Å². The van der Waals surface area contributed by atoms with Gasteiger partial charge in [0.2, 0.25) is 0 Å². The van der Waals surface area contributed by atoms with Gasteiger partial charge in [-0.2, -0.15) is 22.0 Å². The Morgan fingerprint density at radius 2 is 1.67 bits per heavy atom. The Morgan fingerprint density at radius 3 is 2.21 bits per heavy atom. The lowest BCUT2D eigenvalue weighted by Gasteiger charge is -2.36. The van der Waals surface area contributed by atoms with Crippen LogP contribution in [0.3, 0.4) is 0 Å². The number of nitrogens with one attached hydrogen (secondary N) is 1. The fraction of sp³-hybridized carbons (Fsp3) is 0.571. The third-order valence-corrected chi connectivity index (χ3v) is 3.51. The molecule has 0 bridgehead atoms. The molecule has 0 aromatic heterocycles. The van der Waals surface area contributed by atoms with Gasteiger partial charge in [0.1, 0.15) is 5.75 Å². The summed E-state index contributed by atoms with van der Waals surface area (Å²) in [6.07, 6.45) is -5.50. The van der Waals surface area contributed by atoms with Gasteiger partial charge >= 0.3 is 12.8 Å². The molecule has 1 saturated heterocycles. The van der Waals surface area contributed by atoms with Crippen molar-refractivity contribution in [3.8, 4) is 5.75 Å². The largest absolute Gasteiger partial charge is 0.434 e. The summed E-state index contributed by atoms with van der Waals surface area (Å²) in [5.74, 6) is -0.203. The normalized spacial score (nSPS) is 16.9. The van der Waals surface area contributed by atoms with Crippen LogP contribution in [0.4, 0.5) is 22.0 Å². The number of hydrogen-bond donors (Lipinski definition) is 1. The lowest BCUT2D eigenvalue weighted by molar-refractivity contribution is -0.149. The monoisotopic (exact) mass is 396 g/mol. The highest BCUT2D eigenvalue weighted by Crippen LogP contribution is 2.38. The van der Waals surface area contributed by atoms with Crippen LogP contribution >= 0.6 is 24.8 Å². The van der Waals surface area contributed by atoms with E-state index in [4.69, 9.17) is 0 Å². The molecule has 0 amide bonds. The van der Waals surface area contributed by atoms with E-state index in [0.717, 1.165) is 0 Å². The van der Waals surface area contributed by atoms with Crippen LogP contribution in [0.2, 0.25) is 0 Å². The van der Waals surface area contributed by atoms with E-state index in [1.54, 1.807) is 4.90 Å². The summed E-state index contributed by atoms with van der Waals surface area (Å²) < 4.78 is 68.1. The van der Waals surface area contributed by atoms with Crippen LogP contribution in [0.25, 0.3) is 0 Å². The number of para-hydroxylation sites is 1. The van der Waals surface area contributed by atoms with Crippen molar-refractivity contribution >= 4 is 24.8 Å². The number of benzene rings is 1. The summed E-state index contributed by atoms with van der Waals surface area (Å²) in [6, 6.07) is 4.64. The topological polar surface area (TPSA) is 24.5 Å². The van der Waals surface area contributed by atoms with Crippen LogP contribution in [0.15, 0.2) is 24.3 Å². The van der Waals surface area contributed by atoms with Gasteiger partial charge < -0.3 is 10.1 Å².